The number of para-hydroxylation sites is 1. The van der Waals surface area contributed by atoms with Gasteiger partial charge in [0.05, 0.1) is 17.9 Å². The molecular weight excluding hydrogens is 328 g/mol. The molecule has 1 aromatic heterocycles. The Kier molecular flexibility index (Phi) is 5.11. The summed E-state index contributed by atoms with van der Waals surface area (Å²) in [6.45, 7) is 9.00. The second kappa shape index (κ2) is 7.32. The van der Waals surface area contributed by atoms with Gasteiger partial charge < -0.3 is 9.80 Å². The van der Waals surface area contributed by atoms with Gasteiger partial charge in [0.25, 0.3) is 0 Å². The molecule has 0 radical (unpaired) electrons. The standard InChI is InChI=1S/C20H26N4O2/c1-5-10-22-13-19(25)23(16(4)20(22)26)12-17-8-6-7-9-18(17)24-15(3)11-14(2)21-24/h6-9,11,16H,5,10,12-13H2,1-4H3/t16-/m1/s1. The third kappa shape index (κ3) is 3.36. The highest BCUT2D eigenvalue weighted by Gasteiger charge is 2.36. The third-order valence-corrected chi connectivity index (χ3v) is 4.85. The zero-order valence-electron chi connectivity index (χ0n) is 15.9. The summed E-state index contributed by atoms with van der Waals surface area (Å²) in [5.41, 5.74) is 3.92. The van der Waals surface area contributed by atoms with Crippen molar-refractivity contribution >= 4 is 11.8 Å². The number of hydrogen-bond donors (Lipinski definition) is 0. The van der Waals surface area contributed by atoms with Crippen LogP contribution in [0.4, 0.5) is 0 Å². The summed E-state index contributed by atoms with van der Waals surface area (Å²) in [7, 11) is 0. The van der Waals surface area contributed by atoms with Crippen molar-refractivity contribution in [2.24, 2.45) is 0 Å². The van der Waals surface area contributed by atoms with E-state index in [0.717, 1.165) is 29.1 Å². The van der Waals surface area contributed by atoms with Crippen LogP contribution in [0.25, 0.3) is 5.69 Å². The van der Waals surface area contributed by atoms with Gasteiger partial charge in [0, 0.05) is 18.8 Å². The molecule has 3 rings (SSSR count). The van der Waals surface area contributed by atoms with Gasteiger partial charge in [0.2, 0.25) is 11.8 Å². The van der Waals surface area contributed by atoms with Gasteiger partial charge >= 0.3 is 0 Å². The molecule has 26 heavy (non-hydrogen) atoms. The smallest absolute Gasteiger partial charge is 0.245 e. The topological polar surface area (TPSA) is 58.4 Å². The fourth-order valence-corrected chi connectivity index (χ4v) is 3.54. The summed E-state index contributed by atoms with van der Waals surface area (Å²) in [6.07, 6.45) is 0.854. The van der Waals surface area contributed by atoms with Gasteiger partial charge in [-0.3, -0.25) is 9.59 Å². The SMILES string of the molecule is CCCN1CC(=O)N(Cc2ccccc2-n2nc(C)cc2C)[C@H](C)C1=O. The van der Waals surface area contributed by atoms with E-state index in [-0.39, 0.29) is 18.4 Å². The Labute approximate surface area is 154 Å². The maximum atomic E-state index is 12.7. The molecule has 0 aliphatic carbocycles. The Morgan fingerprint density at radius 1 is 1.19 bits per heavy atom. The molecule has 1 aromatic carbocycles. The van der Waals surface area contributed by atoms with E-state index < -0.39 is 6.04 Å². The van der Waals surface area contributed by atoms with Crippen molar-refractivity contribution in [2.45, 2.75) is 46.7 Å². The molecule has 0 spiro atoms. The zero-order valence-corrected chi connectivity index (χ0v) is 15.9. The van der Waals surface area contributed by atoms with Gasteiger partial charge in [-0.15, -0.1) is 0 Å². The summed E-state index contributed by atoms with van der Waals surface area (Å²) in [6, 6.07) is 9.49. The molecule has 6 heteroatoms. The van der Waals surface area contributed by atoms with Gasteiger partial charge in [-0.2, -0.15) is 5.10 Å². The minimum absolute atomic E-state index is 0.00581. The number of aromatic nitrogens is 2. The van der Waals surface area contributed by atoms with Crippen LogP contribution in [0.2, 0.25) is 0 Å². The van der Waals surface area contributed by atoms with Crippen LogP contribution in [0.1, 0.15) is 37.2 Å². The summed E-state index contributed by atoms with van der Waals surface area (Å²) >= 11 is 0. The monoisotopic (exact) mass is 354 g/mol. The van der Waals surface area contributed by atoms with Crippen LogP contribution in [0.3, 0.4) is 0 Å². The predicted molar refractivity (Wildman–Crippen MR) is 99.9 cm³/mol. The molecule has 1 saturated heterocycles. The molecule has 138 valence electrons. The fourth-order valence-electron chi connectivity index (χ4n) is 3.54. The molecule has 0 unspecified atom stereocenters. The minimum Gasteiger partial charge on any atom is -0.332 e. The summed E-state index contributed by atoms with van der Waals surface area (Å²) in [5, 5.41) is 4.56. The van der Waals surface area contributed by atoms with Crippen LogP contribution in [-0.4, -0.2) is 50.5 Å². The molecule has 1 aliphatic rings. The van der Waals surface area contributed by atoms with Gasteiger partial charge in [0.15, 0.2) is 0 Å². The number of amides is 2. The lowest BCUT2D eigenvalue weighted by molar-refractivity contribution is -0.155. The average molecular weight is 354 g/mol. The van der Waals surface area contributed by atoms with Gasteiger partial charge in [-0.05, 0) is 44.9 Å². The van der Waals surface area contributed by atoms with Crippen LogP contribution in [-0.2, 0) is 16.1 Å². The normalized spacial score (nSPS) is 17.9. The number of benzene rings is 1. The summed E-state index contributed by atoms with van der Waals surface area (Å²) < 4.78 is 1.90. The van der Waals surface area contributed by atoms with E-state index in [2.05, 4.69) is 5.10 Å². The van der Waals surface area contributed by atoms with Crippen LogP contribution in [0.5, 0.6) is 0 Å². The molecule has 1 atom stereocenters. The third-order valence-electron chi connectivity index (χ3n) is 4.85. The highest BCUT2D eigenvalue weighted by Crippen LogP contribution is 2.22. The van der Waals surface area contributed by atoms with E-state index in [1.54, 1.807) is 9.80 Å². The lowest BCUT2D eigenvalue weighted by Crippen LogP contribution is -2.58. The first kappa shape index (κ1) is 18.2. The molecule has 2 amide bonds. The number of carbonyl (C=O) groups excluding carboxylic acids is 2. The quantitative estimate of drug-likeness (QED) is 0.829. The number of rotatable bonds is 5. The van der Waals surface area contributed by atoms with E-state index in [4.69, 9.17) is 0 Å². The Hall–Kier alpha value is -2.63. The van der Waals surface area contributed by atoms with Crippen molar-refractivity contribution in [3.8, 4) is 5.69 Å². The molecule has 1 aliphatic heterocycles. The maximum absolute atomic E-state index is 12.7. The van der Waals surface area contributed by atoms with Crippen molar-refractivity contribution < 1.29 is 9.59 Å². The van der Waals surface area contributed by atoms with Crippen LogP contribution < -0.4 is 0 Å². The first-order valence-corrected chi connectivity index (χ1v) is 9.12. The van der Waals surface area contributed by atoms with E-state index in [9.17, 15) is 9.59 Å². The number of piperazine rings is 1. The molecule has 0 bridgehead atoms. The van der Waals surface area contributed by atoms with Gasteiger partial charge in [-0.25, -0.2) is 4.68 Å². The van der Waals surface area contributed by atoms with Crippen molar-refractivity contribution in [3.63, 3.8) is 0 Å². The van der Waals surface area contributed by atoms with E-state index in [1.165, 1.54) is 0 Å². The van der Waals surface area contributed by atoms with Crippen molar-refractivity contribution in [2.75, 3.05) is 13.1 Å². The number of nitrogens with zero attached hydrogens (tertiary/aromatic N) is 4. The van der Waals surface area contributed by atoms with E-state index in [0.29, 0.717) is 13.1 Å². The average Bonchev–Trinajstić information content (AvgIpc) is 2.95. The molecule has 2 heterocycles. The Morgan fingerprint density at radius 3 is 2.58 bits per heavy atom. The number of aryl methyl sites for hydroxylation is 2. The Balaban J connectivity index is 1.89. The first-order valence-electron chi connectivity index (χ1n) is 9.12. The van der Waals surface area contributed by atoms with Crippen molar-refractivity contribution in [1.82, 2.24) is 19.6 Å². The summed E-state index contributed by atoms with van der Waals surface area (Å²) in [4.78, 5) is 28.6. The zero-order chi connectivity index (χ0) is 18.8. The molecular formula is C20H26N4O2. The Morgan fingerprint density at radius 2 is 1.92 bits per heavy atom. The fraction of sp³-hybridized carbons (Fsp3) is 0.450. The molecule has 6 nitrogen and oxygen atoms in total. The van der Waals surface area contributed by atoms with Crippen LogP contribution in [0.15, 0.2) is 30.3 Å². The lowest BCUT2D eigenvalue weighted by Gasteiger charge is -2.39. The molecule has 1 fully saturated rings. The van der Waals surface area contributed by atoms with E-state index >= 15 is 0 Å². The largest absolute Gasteiger partial charge is 0.332 e. The van der Waals surface area contributed by atoms with Crippen molar-refractivity contribution in [3.05, 3.63) is 47.3 Å². The van der Waals surface area contributed by atoms with Gasteiger partial charge in [-0.1, -0.05) is 25.1 Å². The van der Waals surface area contributed by atoms with Gasteiger partial charge in [0.1, 0.15) is 6.04 Å². The first-order chi connectivity index (χ1) is 12.4. The van der Waals surface area contributed by atoms with E-state index in [1.807, 2.05) is 62.7 Å². The second-order valence-electron chi connectivity index (χ2n) is 6.93. The highest BCUT2D eigenvalue weighted by molar-refractivity contribution is 5.94. The van der Waals surface area contributed by atoms with Crippen LogP contribution in [0, 0.1) is 13.8 Å². The molecule has 2 aromatic rings. The highest BCUT2D eigenvalue weighted by atomic mass is 16.2. The number of carbonyl (C=O) groups is 2. The summed E-state index contributed by atoms with van der Waals surface area (Å²) in [5.74, 6) is 0.0174. The second-order valence-corrected chi connectivity index (χ2v) is 6.93. The minimum atomic E-state index is -0.448. The molecule has 0 saturated carbocycles. The van der Waals surface area contributed by atoms with Crippen LogP contribution >= 0.6 is 0 Å². The predicted octanol–water partition coefficient (Wildman–Crippen LogP) is 2.46. The lowest BCUT2D eigenvalue weighted by atomic mass is 10.1. The molecule has 0 N–H and O–H groups in total. The Bertz CT molecular complexity index is 827. The number of hydrogen-bond acceptors (Lipinski definition) is 3. The maximum Gasteiger partial charge on any atom is 0.245 e. The van der Waals surface area contributed by atoms with Crippen molar-refractivity contribution in [1.29, 1.82) is 0 Å².